The molecule has 0 saturated carbocycles. The van der Waals surface area contributed by atoms with Crippen LogP contribution in [-0.2, 0) is 13.1 Å². The Morgan fingerprint density at radius 2 is 2.30 bits per heavy atom. The van der Waals surface area contributed by atoms with Crippen LogP contribution < -0.4 is 5.32 Å². The van der Waals surface area contributed by atoms with E-state index in [0.29, 0.717) is 11.2 Å². The van der Waals surface area contributed by atoms with Crippen LogP contribution in [0.2, 0.25) is 0 Å². The van der Waals surface area contributed by atoms with Crippen LogP contribution in [0.4, 0.5) is 8.78 Å². The summed E-state index contributed by atoms with van der Waals surface area (Å²) >= 11 is 0. The number of carbonyl (C=O) groups excluding carboxylic acids is 1. The molecule has 1 amide bonds. The van der Waals surface area contributed by atoms with Gasteiger partial charge in [-0.3, -0.25) is 14.6 Å². The van der Waals surface area contributed by atoms with Crippen molar-refractivity contribution < 1.29 is 13.6 Å². The standard InChI is InChI=1S/C14H14F2N6O/c1-8-10-4-11(17-6-12(10)20-19-8)14(23)18-5-9-2-3-22(21-9)7-13(15)16/h2-4,6,13H,5,7H2,1H3,(H,18,23)(H,19,20). The van der Waals surface area contributed by atoms with Crippen molar-refractivity contribution in [2.45, 2.75) is 26.4 Å². The van der Waals surface area contributed by atoms with E-state index in [1.54, 1.807) is 12.1 Å². The molecule has 2 N–H and O–H groups in total. The first-order valence-electron chi connectivity index (χ1n) is 6.92. The quantitative estimate of drug-likeness (QED) is 0.748. The molecule has 3 heterocycles. The largest absolute Gasteiger partial charge is 0.345 e. The molecule has 0 radical (unpaired) electrons. The van der Waals surface area contributed by atoms with Crippen LogP contribution in [0.25, 0.3) is 10.9 Å². The number of aromatic amines is 1. The zero-order valence-electron chi connectivity index (χ0n) is 12.3. The van der Waals surface area contributed by atoms with Gasteiger partial charge in [-0.1, -0.05) is 0 Å². The molecule has 0 aliphatic heterocycles. The van der Waals surface area contributed by atoms with E-state index in [1.165, 1.54) is 12.4 Å². The van der Waals surface area contributed by atoms with Gasteiger partial charge in [-0.05, 0) is 19.1 Å². The molecule has 0 fully saturated rings. The fourth-order valence-electron chi connectivity index (χ4n) is 2.17. The van der Waals surface area contributed by atoms with Crippen molar-refractivity contribution in [2.24, 2.45) is 0 Å². The van der Waals surface area contributed by atoms with E-state index in [9.17, 15) is 13.6 Å². The third kappa shape index (κ3) is 3.33. The van der Waals surface area contributed by atoms with Gasteiger partial charge >= 0.3 is 0 Å². The summed E-state index contributed by atoms with van der Waals surface area (Å²) in [7, 11) is 0. The monoisotopic (exact) mass is 320 g/mol. The molecule has 3 aromatic heterocycles. The van der Waals surface area contributed by atoms with Crippen molar-refractivity contribution in [3.8, 4) is 0 Å². The molecular formula is C14H14F2N6O. The number of H-pyrrole nitrogens is 1. The second-order valence-corrected chi connectivity index (χ2v) is 5.04. The Morgan fingerprint density at radius 3 is 3.09 bits per heavy atom. The normalized spacial score (nSPS) is 11.3. The molecule has 3 rings (SSSR count). The molecular weight excluding hydrogens is 306 g/mol. The van der Waals surface area contributed by atoms with Crippen LogP contribution in [0, 0.1) is 6.92 Å². The highest BCUT2D eigenvalue weighted by atomic mass is 19.3. The van der Waals surface area contributed by atoms with E-state index in [1.807, 2.05) is 6.92 Å². The Morgan fingerprint density at radius 1 is 1.48 bits per heavy atom. The average Bonchev–Trinajstić information content (AvgIpc) is 3.11. The Labute approximate surface area is 129 Å². The zero-order chi connectivity index (χ0) is 16.4. The van der Waals surface area contributed by atoms with Crippen molar-refractivity contribution in [1.29, 1.82) is 0 Å². The number of pyridine rings is 1. The summed E-state index contributed by atoms with van der Waals surface area (Å²) in [6, 6.07) is 3.23. The third-order valence-electron chi connectivity index (χ3n) is 3.31. The Kier molecular flexibility index (Phi) is 4.00. The van der Waals surface area contributed by atoms with Crippen molar-refractivity contribution in [3.05, 3.63) is 41.6 Å². The van der Waals surface area contributed by atoms with E-state index in [-0.39, 0.29) is 18.1 Å². The average molecular weight is 320 g/mol. The number of hydrogen-bond donors (Lipinski definition) is 2. The van der Waals surface area contributed by atoms with Crippen molar-refractivity contribution >= 4 is 16.8 Å². The molecule has 7 nitrogen and oxygen atoms in total. The van der Waals surface area contributed by atoms with Crippen LogP contribution in [0.1, 0.15) is 21.9 Å². The summed E-state index contributed by atoms with van der Waals surface area (Å²) in [5.74, 6) is -0.365. The highest BCUT2D eigenvalue weighted by Crippen LogP contribution is 2.14. The van der Waals surface area contributed by atoms with Gasteiger partial charge in [0.25, 0.3) is 12.3 Å². The molecule has 9 heteroatoms. The van der Waals surface area contributed by atoms with Gasteiger partial charge in [-0.25, -0.2) is 13.8 Å². The molecule has 120 valence electrons. The maximum absolute atomic E-state index is 12.3. The fourth-order valence-corrected chi connectivity index (χ4v) is 2.17. The lowest BCUT2D eigenvalue weighted by molar-refractivity contribution is 0.0944. The van der Waals surface area contributed by atoms with Gasteiger partial charge in [0.05, 0.1) is 18.4 Å². The lowest BCUT2D eigenvalue weighted by atomic mass is 10.2. The lowest BCUT2D eigenvalue weighted by Crippen LogP contribution is -2.24. The number of carbonyl (C=O) groups is 1. The van der Waals surface area contributed by atoms with Gasteiger partial charge in [0, 0.05) is 17.3 Å². The molecule has 0 bridgehead atoms. The number of aromatic nitrogens is 5. The number of hydrogen-bond acceptors (Lipinski definition) is 4. The summed E-state index contributed by atoms with van der Waals surface area (Å²) in [5.41, 5.74) is 2.29. The molecule has 0 saturated heterocycles. The number of aryl methyl sites for hydroxylation is 1. The van der Waals surface area contributed by atoms with Gasteiger partial charge < -0.3 is 5.32 Å². The molecule has 23 heavy (non-hydrogen) atoms. The first kappa shape index (κ1) is 15.1. The number of fused-ring (bicyclic) bond motifs is 1. The number of rotatable bonds is 5. The zero-order valence-corrected chi connectivity index (χ0v) is 12.3. The highest BCUT2D eigenvalue weighted by Gasteiger charge is 2.11. The molecule has 0 spiro atoms. The van der Waals surface area contributed by atoms with Crippen LogP contribution in [0.5, 0.6) is 0 Å². The van der Waals surface area contributed by atoms with Gasteiger partial charge in [0.15, 0.2) is 0 Å². The number of amides is 1. The van der Waals surface area contributed by atoms with Gasteiger partial charge in [-0.15, -0.1) is 0 Å². The molecule has 0 aliphatic carbocycles. The number of nitrogens with one attached hydrogen (secondary N) is 2. The minimum Gasteiger partial charge on any atom is -0.345 e. The molecule has 0 unspecified atom stereocenters. The van der Waals surface area contributed by atoms with Gasteiger partial charge in [0.2, 0.25) is 0 Å². The topological polar surface area (TPSA) is 88.5 Å². The van der Waals surface area contributed by atoms with E-state index in [0.717, 1.165) is 15.8 Å². The number of alkyl halides is 2. The summed E-state index contributed by atoms with van der Waals surface area (Å²) in [4.78, 5) is 16.2. The summed E-state index contributed by atoms with van der Waals surface area (Å²) in [6.07, 6.45) is 0.504. The predicted molar refractivity (Wildman–Crippen MR) is 78.0 cm³/mol. The van der Waals surface area contributed by atoms with E-state index >= 15 is 0 Å². The number of halogens is 2. The molecule has 0 atom stereocenters. The number of nitrogens with zero attached hydrogens (tertiary/aromatic N) is 4. The maximum Gasteiger partial charge on any atom is 0.270 e. The SMILES string of the molecule is Cc1[nH]nc2cnc(C(=O)NCc3ccn(CC(F)F)n3)cc12. The van der Waals surface area contributed by atoms with Crippen LogP contribution in [0.15, 0.2) is 24.5 Å². The first-order chi connectivity index (χ1) is 11.0. The van der Waals surface area contributed by atoms with E-state index in [2.05, 4.69) is 25.6 Å². The van der Waals surface area contributed by atoms with Crippen molar-refractivity contribution in [2.75, 3.05) is 0 Å². The molecule has 0 aliphatic rings. The molecule has 0 aromatic carbocycles. The minimum atomic E-state index is -2.47. The predicted octanol–water partition coefficient (Wildman–Crippen LogP) is 1.66. The Balaban J connectivity index is 1.66. The highest BCUT2D eigenvalue weighted by molar-refractivity contribution is 5.96. The first-order valence-corrected chi connectivity index (χ1v) is 6.92. The van der Waals surface area contributed by atoms with Crippen LogP contribution in [0.3, 0.4) is 0 Å². The molecule has 3 aromatic rings. The third-order valence-corrected chi connectivity index (χ3v) is 3.31. The van der Waals surface area contributed by atoms with Gasteiger partial charge in [-0.2, -0.15) is 10.2 Å². The van der Waals surface area contributed by atoms with Crippen molar-refractivity contribution in [3.63, 3.8) is 0 Å². The maximum atomic E-state index is 12.3. The van der Waals surface area contributed by atoms with Gasteiger partial charge in [0.1, 0.15) is 17.8 Å². The Bertz CT molecular complexity index is 841. The van der Waals surface area contributed by atoms with Crippen LogP contribution in [-0.4, -0.2) is 37.3 Å². The smallest absolute Gasteiger partial charge is 0.270 e. The summed E-state index contributed by atoms with van der Waals surface area (Å²) < 4.78 is 25.6. The second-order valence-electron chi connectivity index (χ2n) is 5.04. The second kappa shape index (κ2) is 6.11. The Hall–Kier alpha value is -2.84. The summed E-state index contributed by atoms with van der Waals surface area (Å²) in [5, 5.41) is 14.3. The summed E-state index contributed by atoms with van der Waals surface area (Å²) in [6.45, 7) is 1.53. The van der Waals surface area contributed by atoms with E-state index < -0.39 is 13.0 Å². The lowest BCUT2D eigenvalue weighted by Gasteiger charge is -2.03. The van der Waals surface area contributed by atoms with Crippen molar-refractivity contribution in [1.82, 2.24) is 30.3 Å². The van der Waals surface area contributed by atoms with Crippen LogP contribution >= 0.6 is 0 Å². The fraction of sp³-hybridized carbons (Fsp3) is 0.286. The van der Waals surface area contributed by atoms with E-state index in [4.69, 9.17) is 0 Å². The minimum absolute atomic E-state index is 0.138.